The van der Waals surface area contributed by atoms with Crippen LogP contribution in [0, 0.1) is 5.07 Å². The first-order valence-electron chi connectivity index (χ1n) is 3.86. The highest BCUT2D eigenvalue weighted by Gasteiger charge is 2.15. The zero-order chi connectivity index (χ0) is 10.2. The molecule has 0 saturated carbocycles. The fourth-order valence-electron chi connectivity index (χ4n) is 0.950. The summed E-state index contributed by atoms with van der Waals surface area (Å²) in [6, 6.07) is 0. The van der Waals surface area contributed by atoms with E-state index in [9.17, 15) is 5.11 Å². The van der Waals surface area contributed by atoms with Crippen molar-refractivity contribution in [3.05, 3.63) is 16.3 Å². The average molecular weight is 219 g/mol. The topological polar surface area (TPSA) is 38.0 Å². The Balaban J connectivity index is 3.44. The summed E-state index contributed by atoms with van der Waals surface area (Å²) in [5.41, 5.74) is -0.172. The number of halogens is 1. The monoisotopic (exact) mass is 218 g/mol. The van der Waals surface area contributed by atoms with Crippen molar-refractivity contribution in [3.8, 4) is 5.75 Å². The second-order valence-electron chi connectivity index (χ2n) is 3.78. The molecule has 5 heteroatoms. The van der Waals surface area contributed by atoms with Gasteiger partial charge in [0.15, 0.2) is 5.75 Å². The summed E-state index contributed by atoms with van der Waals surface area (Å²) in [6.07, 6.45) is 1.33. The lowest BCUT2D eigenvalue weighted by Gasteiger charge is -2.22. The lowest BCUT2D eigenvalue weighted by molar-refractivity contribution is 0.339. The first kappa shape index (κ1) is 10.6. The van der Waals surface area contributed by atoms with Crippen molar-refractivity contribution in [2.24, 2.45) is 0 Å². The van der Waals surface area contributed by atoms with Crippen LogP contribution >= 0.6 is 20.5 Å². The number of hydrogen-bond donors (Lipinski definition) is 1. The fourth-order valence-corrected chi connectivity index (χ4v) is 1.60. The van der Waals surface area contributed by atoms with E-state index < -0.39 is 0 Å². The largest absolute Gasteiger partial charge is 0.505 e. The molecule has 1 N–H and O–H groups in total. The summed E-state index contributed by atoms with van der Waals surface area (Å²) in [5.74, 6) is -0.0211. The molecule has 1 aromatic heterocycles. The quantitative estimate of drug-likeness (QED) is 0.680. The van der Waals surface area contributed by atoms with Gasteiger partial charge < -0.3 is 5.11 Å². The van der Waals surface area contributed by atoms with Gasteiger partial charge in [-0.1, -0.05) is 20.5 Å². The minimum absolute atomic E-state index is 0.0211. The van der Waals surface area contributed by atoms with Gasteiger partial charge in [-0.2, -0.15) is 5.10 Å². The molecule has 0 atom stereocenters. The van der Waals surface area contributed by atoms with Crippen LogP contribution in [0.2, 0.25) is 5.02 Å². The van der Waals surface area contributed by atoms with E-state index in [4.69, 9.17) is 11.6 Å². The van der Waals surface area contributed by atoms with Crippen LogP contribution in [-0.4, -0.2) is 14.9 Å². The molecule has 72 valence electrons. The number of nitrogens with zero attached hydrogens (tertiary/aromatic N) is 2. The zero-order valence-corrected chi connectivity index (χ0v) is 9.55. The molecular weight excluding hydrogens is 207 g/mol. The number of hydrogen-bond acceptors (Lipinski definition) is 2. The Hall–Kier alpha value is -0.530. The second-order valence-corrected chi connectivity index (χ2v) is 4.63. The van der Waals surface area contributed by atoms with Crippen molar-refractivity contribution in [2.75, 3.05) is 0 Å². The highest BCUT2D eigenvalue weighted by molar-refractivity contribution is 7.07. The Kier molecular flexibility index (Phi) is 2.69. The average Bonchev–Trinajstić information content (AvgIpc) is 1.98. The molecule has 0 aliphatic carbocycles. The van der Waals surface area contributed by atoms with Crippen LogP contribution in [0.25, 0.3) is 0 Å². The Morgan fingerprint density at radius 3 is 2.54 bits per heavy atom. The van der Waals surface area contributed by atoms with E-state index in [0.717, 1.165) is 0 Å². The Labute approximate surface area is 84.2 Å². The summed E-state index contributed by atoms with van der Waals surface area (Å²) >= 11 is 5.83. The van der Waals surface area contributed by atoms with Crippen molar-refractivity contribution in [2.45, 2.75) is 26.3 Å². The maximum absolute atomic E-state index is 9.25. The number of aromatic hydroxyl groups is 1. The van der Waals surface area contributed by atoms with Gasteiger partial charge in [-0.25, -0.2) is 0 Å². The van der Waals surface area contributed by atoms with Gasteiger partial charge in [0, 0.05) is 0 Å². The van der Waals surface area contributed by atoms with Gasteiger partial charge in [0.05, 0.1) is 11.7 Å². The smallest absolute Gasteiger partial charge is 0.156 e. The highest BCUT2D eigenvalue weighted by atomic mass is 35.5. The molecule has 0 aromatic carbocycles. The van der Waals surface area contributed by atoms with Gasteiger partial charge in [-0.05, 0) is 20.8 Å². The summed E-state index contributed by atoms with van der Waals surface area (Å²) < 4.78 is 1.70. The third kappa shape index (κ3) is 2.04. The van der Waals surface area contributed by atoms with E-state index in [0.29, 0.717) is 5.07 Å². The summed E-state index contributed by atoms with van der Waals surface area (Å²) in [7, 11) is 3.33. The molecular formula is C8H12ClN2OP. The van der Waals surface area contributed by atoms with Gasteiger partial charge in [-0.3, -0.25) is 4.68 Å². The maximum Gasteiger partial charge on any atom is 0.156 e. The van der Waals surface area contributed by atoms with E-state index in [2.05, 4.69) is 14.0 Å². The van der Waals surface area contributed by atoms with Crippen LogP contribution in [0.15, 0.2) is 6.20 Å². The molecule has 0 amide bonds. The zero-order valence-electron chi connectivity index (χ0n) is 7.80. The third-order valence-corrected chi connectivity index (χ3v) is 2.57. The van der Waals surface area contributed by atoms with Crippen molar-refractivity contribution >= 4 is 20.5 Å². The van der Waals surface area contributed by atoms with Gasteiger partial charge in [-0.15, -0.1) is 0 Å². The molecule has 1 rings (SSSR count). The Morgan fingerprint density at radius 1 is 1.54 bits per heavy atom. The van der Waals surface area contributed by atoms with Crippen LogP contribution in [0.5, 0.6) is 5.75 Å². The van der Waals surface area contributed by atoms with Crippen molar-refractivity contribution < 1.29 is 5.11 Å². The van der Waals surface area contributed by atoms with Gasteiger partial charge in [0.25, 0.3) is 0 Å². The Morgan fingerprint density at radius 2 is 2.08 bits per heavy atom. The molecule has 1 aromatic rings. The van der Waals surface area contributed by atoms with Gasteiger partial charge >= 0.3 is 0 Å². The van der Waals surface area contributed by atoms with Crippen LogP contribution < -0.4 is 0 Å². The van der Waals surface area contributed by atoms with Crippen molar-refractivity contribution in [3.63, 3.8) is 0 Å². The van der Waals surface area contributed by atoms with E-state index in [1.54, 1.807) is 4.68 Å². The molecule has 0 bridgehead atoms. The van der Waals surface area contributed by atoms with E-state index in [1.165, 1.54) is 6.20 Å². The maximum atomic E-state index is 9.25. The van der Waals surface area contributed by atoms with Crippen LogP contribution in [0.1, 0.15) is 20.8 Å². The highest BCUT2D eigenvalue weighted by Crippen LogP contribution is 2.25. The molecule has 0 spiro atoms. The SMILES string of the molecule is CC(C)(C)n1ncc(O)c(Cl)c1=P. The summed E-state index contributed by atoms with van der Waals surface area (Å²) in [6.45, 7) is 5.99. The van der Waals surface area contributed by atoms with E-state index in [-0.39, 0.29) is 16.3 Å². The molecule has 13 heavy (non-hydrogen) atoms. The fraction of sp³-hybridized carbons (Fsp3) is 0.500. The van der Waals surface area contributed by atoms with Crippen molar-refractivity contribution in [1.29, 1.82) is 0 Å². The normalized spacial score (nSPS) is 11.7. The third-order valence-electron chi connectivity index (χ3n) is 1.58. The molecule has 1 heterocycles. The van der Waals surface area contributed by atoms with Crippen molar-refractivity contribution in [1.82, 2.24) is 9.78 Å². The summed E-state index contributed by atoms with van der Waals surface area (Å²) in [5, 5.41) is 14.2. The molecule has 0 aliphatic rings. The van der Waals surface area contributed by atoms with Crippen LogP contribution in [-0.2, 0) is 5.54 Å². The molecule has 0 saturated heterocycles. The Bertz CT molecular complexity index is 381. The van der Waals surface area contributed by atoms with Gasteiger partial charge in [0.2, 0.25) is 0 Å². The second kappa shape index (κ2) is 3.32. The van der Waals surface area contributed by atoms with E-state index in [1.807, 2.05) is 20.8 Å². The lowest BCUT2D eigenvalue weighted by atomic mass is 10.1. The predicted octanol–water partition coefficient (Wildman–Crippen LogP) is 2.67. The van der Waals surface area contributed by atoms with E-state index >= 15 is 0 Å². The number of rotatable bonds is 0. The number of aromatic nitrogens is 2. The molecule has 0 aliphatic heterocycles. The first-order chi connectivity index (χ1) is 5.84. The minimum Gasteiger partial charge on any atom is -0.505 e. The molecule has 0 unspecified atom stereocenters. The van der Waals surface area contributed by atoms with Gasteiger partial charge in [0.1, 0.15) is 10.1 Å². The predicted molar refractivity (Wildman–Crippen MR) is 55.5 cm³/mol. The molecule has 0 fully saturated rings. The molecule has 0 radical (unpaired) electrons. The minimum atomic E-state index is -0.172. The van der Waals surface area contributed by atoms with Crippen LogP contribution in [0.3, 0.4) is 0 Å². The van der Waals surface area contributed by atoms with Crippen LogP contribution in [0.4, 0.5) is 0 Å². The summed E-state index contributed by atoms with van der Waals surface area (Å²) in [4.78, 5) is 0. The lowest BCUT2D eigenvalue weighted by Crippen LogP contribution is -2.25. The standard InChI is InChI=1S/C8H12ClN2OP/c1-8(2,3)11-7(13)6(9)5(12)4-10-11/h4,12-13H,1-3H3. The molecule has 3 nitrogen and oxygen atoms in total. The first-order valence-corrected chi connectivity index (χ1v) is 4.73.